The van der Waals surface area contributed by atoms with Crippen molar-refractivity contribution in [2.75, 3.05) is 11.5 Å². The number of amides is 1. The first kappa shape index (κ1) is 19.4. The van der Waals surface area contributed by atoms with Crippen molar-refractivity contribution in [2.45, 2.75) is 29.7 Å². The minimum absolute atomic E-state index is 0.0229. The van der Waals surface area contributed by atoms with E-state index in [1.807, 2.05) is 48.7 Å². The molecule has 0 saturated carbocycles. The first-order valence-corrected chi connectivity index (χ1v) is 12.5. The van der Waals surface area contributed by atoms with Crippen molar-refractivity contribution < 1.29 is 13.2 Å². The van der Waals surface area contributed by atoms with Crippen LogP contribution < -0.4 is 5.32 Å². The summed E-state index contributed by atoms with van der Waals surface area (Å²) in [4.78, 5) is 22.9. The summed E-state index contributed by atoms with van der Waals surface area (Å²) < 4.78 is 23.2. The van der Waals surface area contributed by atoms with Gasteiger partial charge in [-0.2, -0.15) is 0 Å². The van der Waals surface area contributed by atoms with E-state index in [2.05, 4.69) is 10.3 Å². The highest BCUT2D eigenvalue weighted by Crippen LogP contribution is 2.32. The van der Waals surface area contributed by atoms with Gasteiger partial charge < -0.3 is 5.32 Å². The highest BCUT2D eigenvalue weighted by atomic mass is 32.2. The molecule has 1 aromatic carbocycles. The predicted molar refractivity (Wildman–Crippen MR) is 113 cm³/mol. The fourth-order valence-electron chi connectivity index (χ4n) is 3.10. The number of hydrogen-bond donors (Lipinski definition) is 1. The van der Waals surface area contributed by atoms with E-state index in [1.165, 1.54) is 11.8 Å². The fourth-order valence-corrected chi connectivity index (χ4v) is 6.38. The molecule has 4 rings (SSSR count). The van der Waals surface area contributed by atoms with E-state index in [9.17, 15) is 13.2 Å². The Kier molecular flexibility index (Phi) is 5.39. The molecule has 2 atom stereocenters. The quantitative estimate of drug-likeness (QED) is 0.491. The van der Waals surface area contributed by atoms with Gasteiger partial charge >= 0.3 is 0 Å². The molecule has 1 fully saturated rings. The Labute approximate surface area is 171 Å². The Morgan fingerprint density at radius 1 is 1.25 bits per heavy atom. The lowest BCUT2D eigenvalue weighted by Gasteiger charge is -2.16. The van der Waals surface area contributed by atoms with Crippen molar-refractivity contribution >= 4 is 49.7 Å². The van der Waals surface area contributed by atoms with Gasteiger partial charge in [0.25, 0.3) is 0 Å². The SMILES string of the molecule is C[C@@H](Sc1nc(-c2cccs2)nc2ccccc12)C(=O)N[C@@H]1CCS(=O)(=O)C1. The van der Waals surface area contributed by atoms with E-state index in [0.717, 1.165) is 20.8 Å². The molecule has 3 heterocycles. The maximum atomic E-state index is 12.6. The molecule has 0 radical (unpaired) electrons. The molecule has 0 aliphatic carbocycles. The summed E-state index contributed by atoms with van der Waals surface area (Å²) in [6.07, 6.45) is 0.477. The van der Waals surface area contributed by atoms with Crippen LogP contribution in [0.5, 0.6) is 0 Å². The topological polar surface area (TPSA) is 89.0 Å². The minimum atomic E-state index is -3.03. The van der Waals surface area contributed by atoms with Gasteiger partial charge in [-0.3, -0.25) is 4.79 Å². The average Bonchev–Trinajstić information content (AvgIpc) is 3.31. The van der Waals surface area contributed by atoms with Gasteiger partial charge in [0.05, 0.1) is 27.1 Å². The third-order valence-corrected chi connectivity index (χ3v) is 8.28. The van der Waals surface area contributed by atoms with Crippen LogP contribution in [0.25, 0.3) is 21.6 Å². The Morgan fingerprint density at radius 3 is 2.79 bits per heavy atom. The molecule has 1 saturated heterocycles. The molecule has 9 heteroatoms. The van der Waals surface area contributed by atoms with E-state index in [0.29, 0.717) is 12.2 Å². The van der Waals surface area contributed by atoms with Crippen LogP contribution >= 0.6 is 23.1 Å². The van der Waals surface area contributed by atoms with Gasteiger partial charge in [-0.25, -0.2) is 18.4 Å². The van der Waals surface area contributed by atoms with Crippen molar-refractivity contribution in [3.05, 3.63) is 41.8 Å². The molecular formula is C19H19N3O3S3. The van der Waals surface area contributed by atoms with E-state index in [1.54, 1.807) is 11.3 Å². The smallest absolute Gasteiger partial charge is 0.233 e. The number of nitrogens with one attached hydrogen (secondary N) is 1. The van der Waals surface area contributed by atoms with Gasteiger partial charge in [-0.05, 0) is 30.9 Å². The molecule has 6 nitrogen and oxygen atoms in total. The number of carbonyl (C=O) groups excluding carboxylic acids is 1. The first-order chi connectivity index (χ1) is 13.4. The Balaban J connectivity index is 1.57. The number of carbonyl (C=O) groups is 1. The van der Waals surface area contributed by atoms with Crippen molar-refractivity contribution in [1.29, 1.82) is 0 Å². The molecule has 0 spiro atoms. The van der Waals surface area contributed by atoms with Gasteiger partial charge in [0.15, 0.2) is 15.7 Å². The summed E-state index contributed by atoms with van der Waals surface area (Å²) in [5, 5.41) is 6.08. The number of fused-ring (bicyclic) bond motifs is 1. The summed E-state index contributed by atoms with van der Waals surface area (Å²) in [5.74, 6) is 0.633. The molecule has 1 aliphatic rings. The van der Waals surface area contributed by atoms with Crippen LogP contribution in [0.4, 0.5) is 0 Å². The fraction of sp³-hybridized carbons (Fsp3) is 0.316. The molecule has 1 amide bonds. The summed E-state index contributed by atoms with van der Waals surface area (Å²) in [6, 6.07) is 11.4. The van der Waals surface area contributed by atoms with Gasteiger partial charge in [0.1, 0.15) is 5.03 Å². The molecule has 0 bridgehead atoms. The maximum absolute atomic E-state index is 12.6. The molecule has 146 valence electrons. The maximum Gasteiger partial charge on any atom is 0.233 e. The summed E-state index contributed by atoms with van der Waals surface area (Å²) in [5.41, 5.74) is 0.831. The molecule has 3 aromatic rings. The number of rotatable bonds is 5. The van der Waals surface area contributed by atoms with E-state index < -0.39 is 15.1 Å². The lowest BCUT2D eigenvalue weighted by Crippen LogP contribution is -2.39. The second-order valence-electron chi connectivity index (χ2n) is 6.72. The van der Waals surface area contributed by atoms with Crippen molar-refractivity contribution in [3.8, 4) is 10.7 Å². The minimum Gasteiger partial charge on any atom is -0.351 e. The van der Waals surface area contributed by atoms with Crippen LogP contribution in [-0.4, -0.2) is 47.1 Å². The number of para-hydroxylation sites is 1. The zero-order valence-electron chi connectivity index (χ0n) is 15.2. The predicted octanol–water partition coefficient (Wildman–Crippen LogP) is 3.14. The summed E-state index contributed by atoms with van der Waals surface area (Å²) in [7, 11) is -3.03. The van der Waals surface area contributed by atoms with Crippen LogP contribution in [0.1, 0.15) is 13.3 Å². The zero-order chi connectivity index (χ0) is 19.7. The second-order valence-corrected chi connectivity index (χ2v) is 11.2. The van der Waals surface area contributed by atoms with Crippen molar-refractivity contribution in [3.63, 3.8) is 0 Å². The van der Waals surface area contributed by atoms with Gasteiger partial charge in [-0.15, -0.1) is 11.3 Å². The number of thiophene rings is 1. The molecule has 1 aliphatic heterocycles. The number of sulfone groups is 1. The number of aromatic nitrogens is 2. The van der Waals surface area contributed by atoms with Gasteiger partial charge in [0.2, 0.25) is 5.91 Å². The molecule has 1 N–H and O–H groups in total. The Morgan fingerprint density at radius 2 is 2.07 bits per heavy atom. The molecule has 0 unspecified atom stereocenters. The molecular weight excluding hydrogens is 414 g/mol. The average molecular weight is 434 g/mol. The number of nitrogens with zero attached hydrogens (tertiary/aromatic N) is 2. The highest BCUT2D eigenvalue weighted by molar-refractivity contribution is 8.00. The van der Waals surface area contributed by atoms with Crippen LogP contribution in [0.15, 0.2) is 46.8 Å². The Bertz CT molecular complexity index is 1110. The van der Waals surface area contributed by atoms with Crippen molar-refractivity contribution in [2.24, 2.45) is 0 Å². The van der Waals surface area contributed by atoms with E-state index in [4.69, 9.17) is 4.98 Å². The number of thioether (sulfide) groups is 1. The Hall–Kier alpha value is -1.97. The second kappa shape index (κ2) is 7.81. The van der Waals surface area contributed by atoms with Crippen LogP contribution in [0.2, 0.25) is 0 Å². The standard InChI is InChI=1S/C19H19N3O3S3/c1-12(18(23)20-13-8-10-28(24,25)11-13)27-19-14-5-2-3-6-15(14)21-17(22-19)16-7-4-9-26-16/h2-7,9,12-13H,8,10-11H2,1H3,(H,20,23)/t12-,13-/m1/s1. The molecule has 28 heavy (non-hydrogen) atoms. The van der Waals surface area contributed by atoms with Crippen molar-refractivity contribution in [1.82, 2.24) is 15.3 Å². The van der Waals surface area contributed by atoms with Gasteiger partial charge in [-0.1, -0.05) is 36.0 Å². The van der Waals surface area contributed by atoms with Crippen LogP contribution in [-0.2, 0) is 14.6 Å². The zero-order valence-corrected chi connectivity index (χ0v) is 17.6. The monoisotopic (exact) mass is 433 g/mol. The lowest BCUT2D eigenvalue weighted by atomic mass is 10.2. The van der Waals surface area contributed by atoms with Crippen LogP contribution in [0, 0.1) is 0 Å². The summed E-state index contributed by atoms with van der Waals surface area (Å²) >= 11 is 2.94. The van der Waals surface area contributed by atoms with Gasteiger partial charge in [0, 0.05) is 11.4 Å². The highest BCUT2D eigenvalue weighted by Gasteiger charge is 2.30. The normalized spacial score (nSPS) is 19.5. The first-order valence-electron chi connectivity index (χ1n) is 8.89. The summed E-state index contributed by atoms with van der Waals surface area (Å²) in [6.45, 7) is 1.81. The third kappa shape index (κ3) is 4.21. The van der Waals surface area contributed by atoms with E-state index >= 15 is 0 Å². The van der Waals surface area contributed by atoms with Crippen LogP contribution in [0.3, 0.4) is 0 Å². The van der Waals surface area contributed by atoms with E-state index in [-0.39, 0.29) is 23.5 Å². The number of benzene rings is 1. The molecule has 2 aromatic heterocycles. The largest absolute Gasteiger partial charge is 0.351 e. The lowest BCUT2D eigenvalue weighted by molar-refractivity contribution is -0.120. The third-order valence-electron chi connectivity index (χ3n) is 4.55. The number of hydrogen-bond acceptors (Lipinski definition) is 7.